The zero-order valence-corrected chi connectivity index (χ0v) is 16.8. The van der Waals surface area contributed by atoms with Crippen molar-refractivity contribution >= 4 is 22.6 Å². The van der Waals surface area contributed by atoms with E-state index in [0.29, 0.717) is 11.7 Å². The van der Waals surface area contributed by atoms with Crippen LogP contribution in [-0.2, 0) is 12.8 Å². The standard InChI is InChI=1S/C22H23N3OS/c1-22(2,3)16-6-9-18-19(13-24)21(27-20(18)12-16)25-14-15-4-7-17(8-5-15)26-11-10-23/h4-5,7-8,14,16H,6,9,11-12H2,1-3H3/t16-/m1/s1. The zero-order valence-electron chi connectivity index (χ0n) is 16.0. The van der Waals surface area contributed by atoms with Crippen LogP contribution in [0.2, 0.25) is 0 Å². The first-order valence-electron chi connectivity index (χ1n) is 9.11. The lowest BCUT2D eigenvalue weighted by Crippen LogP contribution is -2.26. The van der Waals surface area contributed by atoms with Crippen molar-refractivity contribution in [2.75, 3.05) is 6.61 Å². The fourth-order valence-electron chi connectivity index (χ4n) is 3.42. The molecule has 1 aliphatic rings. The van der Waals surface area contributed by atoms with Crippen LogP contribution < -0.4 is 4.74 Å². The van der Waals surface area contributed by atoms with Crippen LogP contribution in [0.1, 0.15) is 48.8 Å². The van der Waals surface area contributed by atoms with E-state index in [4.69, 9.17) is 10.00 Å². The van der Waals surface area contributed by atoms with E-state index in [1.807, 2.05) is 30.3 Å². The van der Waals surface area contributed by atoms with Crippen molar-refractivity contribution in [1.82, 2.24) is 0 Å². The van der Waals surface area contributed by atoms with Gasteiger partial charge in [-0.25, -0.2) is 4.99 Å². The van der Waals surface area contributed by atoms with Crippen LogP contribution in [0.4, 0.5) is 5.00 Å². The molecule has 4 nitrogen and oxygen atoms in total. The van der Waals surface area contributed by atoms with E-state index in [-0.39, 0.29) is 12.0 Å². The number of thiophene rings is 1. The van der Waals surface area contributed by atoms with E-state index in [1.165, 1.54) is 10.4 Å². The molecule has 0 radical (unpaired) electrons. The normalized spacial score (nSPS) is 16.6. The molecule has 0 fully saturated rings. The highest BCUT2D eigenvalue weighted by molar-refractivity contribution is 7.16. The summed E-state index contributed by atoms with van der Waals surface area (Å²) in [6.07, 6.45) is 4.93. The van der Waals surface area contributed by atoms with Crippen molar-refractivity contribution in [3.8, 4) is 17.9 Å². The molecule has 1 aromatic heterocycles. The van der Waals surface area contributed by atoms with Gasteiger partial charge in [-0.05, 0) is 66.0 Å². The molecule has 0 aliphatic heterocycles. The molecule has 27 heavy (non-hydrogen) atoms. The Morgan fingerprint density at radius 2 is 2.00 bits per heavy atom. The topological polar surface area (TPSA) is 69.2 Å². The van der Waals surface area contributed by atoms with Crippen LogP contribution in [0.3, 0.4) is 0 Å². The van der Waals surface area contributed by atoms with E-state index in [0.717, 1.165) is 35.4 Å². The third-order valence-corrected chi connectivity index (χ3v) is 6.26. The van der Waals surface area contributed by atoms with Crippen molar-refractivity contribution in [2.24, 2.45) is 16.3 Å². The fraction of sp³-hybridized carbons (Fsp3) is 0.409. The molecule has 0 amide bonds. The number of hydrogen-bond donors (Lipinski definition) is 0. The molecule has 0 bridgehead atoms. The lowest BCUT2D eigenvalue weighted by molar-refractivity contribution is 0.218. The van der Waals surface area contributed by atoms with Gasteiger partial charge in [0.2, 0.25) is 0 Å². The van der Waals surface area contributed by atoms with Crippen LogP contribution in [0, 0.1) is 34.0 Å². The number of nitriles is 2. The second kappa shape index (κ2) is 7.94. The lowest BCUT2D eigenvalue weighted by atomic mass is 9.72. The Morgan fingerprint density at radius 3 is 2.63 bits per heavy atom. The quantitative estimate of drug-likeness (QED) is 0.668. The Balaban J connectivity index is 1.80. The SMILES string of the molecule is CC(C)(C)[C@@H]1CCc2c(sc(N=Cc3ccc(OCC#N)cc3)c2C#N)C1. The fourth-order valence-corrected chi connectivity index (χ4v) is 4.64. The average molecular weight is 378 g/mol. The van der Waals surface area contributed by atoms with Gasteiger partial charge in [0.25, 0.3) is 0 Å². The van der Waals surface area contributed by atoms with Crippen LogP contribution in [0.5, 0.6) is 5.75 Å². The van der Waals surface area contributed by atoms with Crippen molar-refractivity contribution in [3.05, 3.63) is 45.8 Å². The van der Waals surface area contributed by atoms with Crippen LogP contribution in [-0.4, -0.2) is 12.8 Å². The first kappa shape index (κ1) is 19.1. The Morgan fingerprint density at radius 1 is 1.26 bits per heavy atom. The number of rotatable bonds is 4. The zero-order chi connectivity index (χ0) is 19.4. The molecule has 5 heteroatoms. The molecule has 138 valence electrons. The van der Waals surface area contributed by atoms with Gasteiger partial charge >= 0.3 is 0 Å². The van der Waals surface area contributed by atoms with E-state index in [9.17, 15) is 5.26 Å². The summed E-state index contributed by atoms with van der Waals surface area (Å²) in [4.78, 5) is 5.93. The number of aliphatic imine (C=N–C) groups is 1. The van der Waals surface area contributed by atoms with Gasteiger partial charge < -0.3 is 4.74 Å². The third kappa shape index (κ3) is 4.38. The summed E-state index contributed by atoms with van der Waals surface area (Å²) in [6.45, 7) is 6.93. The maximum Gasteiger partial charge on any atom is 0.174 e. The second-order valence-electron chi connectivity index (χ2n) is 7.88. The number of hydrogen-bond acceptors (Lipinski definition) is 5. The minimum absolute atomic E-state index is 0.0370. The summed E-state index contributed by atoms with van der Waals surface area (Å²) in [5, 5.41) is 19.0. The Labute approximate surface area is 164 Å². The highest BCUT2D eigenvalue weighted by Gasteiger charge is 2.32. The molecule has 1 aromatic carbocycles. The van der Waals surface area contributed by atoms with Crippen molar-refractivity contribution in [3.63, 3.8) is 0 Å². The summed E-state index contributed by atoms with van der Waals surface area (Å²) in [6, 6.07) is 11.7. The molecule has 0 spiro atoms. The maximum absolute atomic E-state index is 9.65. The van der Waals surface area contributed by atoms with E-state index in [2.05, 4.69) is 31.8 Å². The van der Waals surface area contributed by atoms with E-state index < -0.39 is 0 Å². The second-order valence-corrected chi connectivity index (χ2v) is 8.96. The van der Waals surface area contributed by atoms with Gasteiger partial charge in [0.15, 0.2) is 6.61 Å². The van der Waals surface area contributed by atoms with Crippen LogP contribution in [0.15, 0.2) is 29.3 Å². The molecule has 1 aliphatic carbocycles. The summed E-state index contributed by atoms with van der Waals surface area (Å²) < 4.78 is 5.26. The highest BCUT2D eigenvalue weighted by Crippen LogP contribution is 2.44. The minimum atomic E-state index is 0.0370. The lowest BCUT2D eigenvalue weighted by Gasteiger charge is -2.33. The number of ether oxygens (including phenoxy) is 1. The van der Waals surface area contributed by atoms with Crippen LogP contribution in [0.25, 0.3) is 0 Å². The number of nitrogens with zero attached hydrogens (tertiary/aromatic N) is 3. The molecule has 1 heterocycles. The molecule has 0 N–H and O–H groups in total. The van der Waals surface area contributed by atoms with Gasteiger partial charge in [-0.2, -0.15) is 10.5 Å². The minimum Gasteiger partial charge on any atom is -0.479 e. The molecular formula is C22H23N3OS. The van der Waals surface area contributed by atoms with Gasteiger partial charge in [-0.15, -0.1) is 11.3 Å². The molecule has 0 saturated carbocycles. The molecular weight excluding hydrogens is 354 g/mol. The summed E-state index contributed by atoms with van der Waals surface area (Å²) in [7, 11) is 0. The molecule has 0 saturated heterocycles. The Bertz CT molecular complexity index is 921. The smallest absolute Gasteiger partial charge is 0.174 e. The van der Waals surface area contributed by atoms with E-state index in [1.54, 1.807) is 17.6 Å². The number of benzene rings is 1. The van der Waals surface area contributed by atoms with Crippen molar-refractivity contribution in [1.29, 1.82) is 10.5 Å². The van der Waals surface area contributed by atoms with Crippen molar-refractivity contribution < 1.29 is 4.74 Å². The van der Waals surface area contributed by atoms with Crippen LogP contribution >= 0.6 is 11.3 Å². The molecule has 2 aromatic rings. The third-order valence-electron chi connectivity index (χ3n) is 5.10. The molecule has 0 unspecified atom stereocenters. The van der Waals surface area contributed by atoms with Gasteiger partial charge in [0.1, 0.15) is 22.9 Å². The predicted octanol–water partition coefficient (Wildman–Crippen LogP) is 5.42. The summed E-state index contributed by atoms with van der Waals surface area (Å²) in [5.41, 5.74) is 3.16. The first-order valence-corrected chi connectivity index (χ1v) is 9.92. The predicted molar refractivity (Wildman–Crippen MR) is 109 cm³/mol. The Kier molecular flexibility index (Phi) is 5.63. The molecule has 1 atom stereocenters. The summed E-state index contributed by atoms with van der Waals surface area (Å²) >= 11 is 1.66. The monoisotopic (exact) mass is 377 g/mol. The maximum atomic E-state index is 9.65. The highest BCUT2D eigenvalue weighted by atomic mass is 32.1. The Hall–Kier alpha value is -2.63. The van der Waals surface area contributed by atoms with Gasteiger partial charge in [0.05, 0.1) is 5.56 Å². The largest absolute Gasteiger partial charge is 0.479 e. The van der Waals surface area contributed by atoms with Gasteiger partial charge in [0, 0.05) is 11.1 Å². The average Bonchev–Trinajstić information content (AvgIpc) is 3.01. The molecule has 3 rings (SSSR count). The number of fused-ring (bicyclic) bond motifs is 1. The summed E-state index contributed by atoms with van der Waals surface area (Å²) in [5.74, 6) is 1.30. The van der Waals surface area contributed by atoms with Crippen molar-refractivity contribution in [2.45, 2.75) is 40.0 Å². The van der Waals surface area contributed by atoms with E-state index >= 15 is 0 Å². The first-order chi connectivity index (χ1) is 12.9. The van der Waals surface area contributed by atoms with Gasteiger partial charge in [-0.1, -0.05) is 20.8 Å². The van der Waals surface area contributed by atoms with Gasteiger partial charge in [-0.3, -0.25) is 0 Å².